The number of nitrogens with one attached hydrogen (secondary N) is 6. The van der Waals surface area contributed by atoms with Crippen molar-refractivity contribution >= 4 is 52.0 Å². The molecular weight excluding hydrogens is 1530 g/mol. The van der Waals surface area contributed by atoms with Crippen molar-refractivity contribution in [3.63, 3.8) is 0 Å². The van der Waals surface area contributed by atoms with E-state index in [1.54, 1.807) is 0 Å². The summed E-state index contributed by atoms with van der Waals surface area (Å²) in [6, 6.07) is 0. The number of hydrogen-bond donors (Lipinski definition) is 28. The average Bonchev–Trinajstić information content (AvgIpc) is 0.784. The van der Waals surface area contributed by atoms with Gasteiger partial charge in [-0.1, -0.05) is 12.8 Å². The lowest BCUT2D eigenvalue weighted by atomic mass is 9.84. The van der Waals surface area contributed by atoms with Crippen molar-refractivity contribution in [1.29, 1.82) is 0 Å². The van der Waals surface area contributed by atoms with E-state index in [1.807, 2.05) is 4.90 Å². The number of aliphatic hydroxyl groups is 22. The standard InChI is InChI=1S/C63H111N7O36S3/c71-17-29-36(78)39(81)46(88)55(100-29)95-22-63(23-96-56-47(89)40(82)37(79)30(18-72)101-56,24-97-57-48(90)41(83)38(80)31(19-73)102-57)69-62(109)66-9-12-70(10-7-64-60(107)67-15-27-25-5-1-3-13-93-53-49(91)42(84)51(32(20-74)103-53)105-58(98-27)44(86)34(25)76)11-8-65-61(108)68-16-28-26-6-2-4-14-94-54-50(92)43(85)52(33(21-75)104-54)106-59(99-28)45(87)35(26)77/h25-59,71-92H,1-24H2,(H2,64,67,107)(H2,65,68,108)(H2,66,69,109). The fourth-order valence-electron chi connectivity index (χ4n) is 14.4. The van der Waals surface area contributed by atoms with Crippen LogP contribution in [0.1, 0.15) is 38.5 Å². The summed E-state index contributed by atoms with van der Waals surface area (Å²) in [5, 5.41) is 256. The highest BCUT2D eigenvalue weighted by Crippen LogP contribution is 2.38. The van der Waals surface area contributed by atoms with Gasteiger partial charge in [0.15, 0.2) is 59.4 Å². The Labute approximate surface area is 642 Å². The zero-order valence-electron chi connectivity index (χ0n) is 59.4. The first-order valence-corrected chi connectivity index (χ1v) is 37.7. The third-order valence-corrected chi connectivity index (χ3v) is 21.7. The van der Waals surface area contributed by atoms with E-state index in [1.165, 1.54) is 0 Å². The van der Waals surface area contributed by atoms with Crippen LogP contribution in [0.25, 0.3) is 0 Å². The molecule has 8 bridgehead atoms. The molecule has 46 heteroatoms. The fourth-order valence-corrected chi connectivity index (χ4v) is 15.1. The van der Waals surface area contributed by atoms with Gasteiger partial charge in [-0.05, 0) is 62.3 Å². The molecule has 0 aromatic rings. The molecule has 15 aliphatic rings. The lowest BCUT2D eigenvalue weighted by Gasteiger charge is -2.47. The van der Waals surface area contributed by atoms with E-state index in [0.29, 0.717) is 38.5 Å². The van der Waals surface area contributed by atoms with Crippen LogP contribution in [0.4, 0.5) is 0 Å². The number of rotatable bonds is 28. The predicted octanol–water partition coefficient (Wildman–Crippen LogP) is -15.0. The molecule has 15 rings (SSSR count). The summed E-state index contributed by atoms with van der Waals surface area (Å²) in [5.74, 6) is -1.38. The van der Waals surface area contributed by atoms with Gasteiger partial charge in [0.2, 0.25) is 0 Å². The van der Waals surface area contributed by atoms with Crippen molar-refractivity contribution in [3.05, 3.63) is 0 Å². The van der Waals surface area contributed by atoms with Crippen molar-refractivity contribution in [1.82, 2.24) is 36.8 Å². The van der Waals surface area contributed by atoms with Crippen LogP contribution >= 0.6 is 36.7 Å². The van der Waals surface area contributed by atoms with Gasteiger partial charge in [0.1, 0.15) is 140 Å². The summed E-state index contributed by atoms with van der Waals surface area (Å²) in [6.07, 6.45) is -50.5. The van der Waals surface area contributed by atoms with E-state index in [2.05, 4.69) is 31.9 Å². The maximum atomic E-state index is 11.6. The maximum absolute atomic E-state index is 11.6. The minimum absolute atomic E-state index is 0.0406. The highest BCUT2D eigenvalue weighted by atomic mass is 32.1. The molecule has 109 heavy (non-hydrogen) atoms. The van der Waals surface area contributed by atoms with Gasteiger partial charge in [0, 0.05) is 77.4 Å². The minimum Gasteiger partial charge on any atom is -0.394 e. The predicted molar refractivity (Wildman–Crippen MR) is 372 cm³/mol. The van der Waals surface area contributed by atoms with Gasteiger partial charge >= 0.3 is 0 Å². The lowest BCUT2D eigenvalue weighted by Crippen LogP contribution is -2.66. The summed E-state index contributed by atoms with van der Waals surface area (Å²) < 4.78 is 82.3. The molecule has 0 aromatic heterocycles. The van der Waals surface area contributed by atoms with Gasteiger partial charge in [-0.25, -0.2) is 0 Å². The minimum atomic E-state index is -2.07. The van der Waals surface area contributed by atoms with E-state index in [9.17, 15) is 112 Å². The number of hydrogen-bond acceptors (Lipinski definition) is 40. The molecule has 43 nitrogen and oxygen atoms in total. The third-order valence-electron chi connectivity index (χ3n) is 20.9. The van der Waals surface area contributed by atoms with Crippen molar-refractivity contribution < 1.29 is 179 Å². The van der Waals surface area contributed by atoms with Gasteiger partial charge in [0.05, 0.1) is 77.3 Å². The Kier molecular flexibility index (Phi) is 35.4. The van der Waals surface area contributed by atoms with Crippen molar-refractivity contribution in [3.8, 4) is 0 Å². The molecule has 0 spiro atoms. The summed E-state index contributed by atoms with van der Waals surface area (Å²) in [6.45, 7) is -5.71. The average molecular weight is 1640 g/mol. The van der Waals surface area contributed by atoms with E-state index in [-0.39, 0.29) is 80.9 Å². The Balaban J connectivity index is 0.907. The zero-order valence-corrected chi connectivity index (χ0v) is 61.9. The summed E-state index contributed by atoms with van der Waals surface area (Å²) in [7, 11) is 0. The lowest BCUT2D eigenvalue weighted by molar-refractivity contribution is -0.355. The first-order valence-electron chi connectivity index (χ1n) is 36.5. The number of thiocarbonyl (C=S) groups is 3. The smallest absolute Gasteiger partial charge is 0.186 e. The zero-order chi connectivity index (χ0) is 79.1. The number of nitrogens with zero attached hydrogens (tertiary/aromatic N) is 1. The van der Waals surface area contributed by atoms with Crippen LogP contribution in [0.5, 0.6) is 0 Å². The van der Waals surface area contributed by atoms with E-state index in [0.717, 1.165) is 0 Å². The molecular formula is C63H111N7O36S3. The summed E-state index contributed by atoms with van der Waals surface area (Å²) in [5.41, 5.74) is -2.07. The van der Waals surface area contributed by atoms with Crippen LogP contribution in [-0.2, 0) is 66.3 Å². The van der Waals surface area contributed by atoms with Crippen molar-refractivity contribution in [2.24, 2.45) is 11.8 Å². The normalized spacial score (nSPS) is 43.7. The molecule has 0 aromatic carbocycles. The van der Waals surface area contributed by atoms with Gasteiger partial charge in [-0.2, -0.15) is 0 Å². The Morgan fingerprint density at radius 2 is 0.651 bits per heavy atom. The quantitative estimate of drug-likeness (QED) is 0.0324. The molecule has 632 valence electrons. The first-order chi connectivity index (χ1) is 52.1. The first kappa shape index (κ1) is 90.5. The second-order valence-corrected chi connectivity index (χ2v) is 29.7. The van der Waals surface area contributed by atoms with E-state index < -0.39 is 273 Å². The van der Waals surface area contributed by atoms with Crippen molar-refractivity contribution in [2.75, 3.05) is 118 Å². The van der Waals surface area contributed by atoms with Crippen LogP contribution in [-0.4, -0.2) is 459 Å². The molecule has 0 saturated carbocycles. The Bertz CT molecular complexity index is 2550. The summed E-state index contributed by atoms with van der Waals surface area (Å²) >= 11 is 17.4. The fraction of sp³-hybridized carbons (Fsp3) is 0.952. The largest absolute Gasteiger partial charge is 0.394 e. The van der Waals surface area contributed by atoms with Crippen LogP contribution in [0.3, 0.4) is 0 Å². The maximum Gasteiger partial charge on any atom is 0.186 e. The second-order valence-electron chi connectivity index (χ2n) is 28.5. The number of ether oxygens (including phenoxy) is 14. The highest BCUT2D eigenvalue weighted by Gasteiger charge is 2.55. The van der Waals surface area contributed by atoms with Crippen LogP contribution in [0, 0.1) is 11.8 Å². The monoisotopic (exact) mass is 1640 g/mol. The van der Waals surface area contributed by atoms with Crippen LogP contribution in [0.15, 0.2) is 0 Å². The van der Waals surface area contributed by atoms with Gasteiger partial charge in [-0.15, -0.1) is 0 Å². The number of aliphatic hydroxyl groups excluding tert-OH is 22. The molecule has 35 unspecified atom stereocenters. The molecule has 0 radical (unpaired) electrons. The molecule has 15 saturated heterocycles. The van der Waals surface area contributed by atoms with E-state index in [4.69, 9.17) is 103 Å². The van der Waals surface area contributed by atoms with Crippen LogP contribution in [0.2, 0.25) is 0 Å². The topological polar surface area (TPSA) is 650 Å². The molecule has 35 atom stereocenters. The van der Waals surface area contributed by atoms with Crippen LogP contribution < -0.4 is 31.9 Å². The molecule has 0 aliphatic carbocycles. The Morgan fingerprint density at radius 1 is 0.330 bits per heavy atom. The van der Waals surface area contributed by atoms with Gasteiger partial charge in [0.25, 0.3) is 0 Å². The van der Waals surface area contributed by atoms with Gasteiger partial charge < -0.3 is 211 Å². The molecule has 15 heterocycles. The highest BCUT2D eigenvalue weighted by molar-refractivity contribution is 7.80. The Hall–Kier alpha value is -2.41. The third kappa shape index (κ3) is 22.9. The molecule has 15 aliphatic heterocycles. The SMILES string of the molecule is OCC1OC(OCC(COC2OC(CO)C(O)C(O)C2O)(COC2OC(CO)C(O)C(O)C2O)NC(=S)NCCN(CCNC(=S)NCC2OC3OC4C(CO)OC(OCCCCC2C(O)C3O)C(O)C4O)CCNC(=S)NCC2OC3OC4C(CO)OC(OCCCCC2C(O)C3O)C(O)C4O)C(O)C(O)C1O. The van der Waals surface area contributed by atoms with E-state index >= 15 is 0 Å². The molecule has 0 amide bonds. The van der Waals surface area contributed by atoms with Crippen molar-refractivity contribution in [2.45, 2.75) is 247 Å². The Morgan fingerprint density at radius 3 is 0.991 bits per heavy atom. The molecule has 15 fully saturated rings. The van der Waals surface area contributed by atoms with Gasteiger partial charge in [-0.3, -0.25) is 4.90 Å². The second kappa shape index (κ2) is 42.6. The summed E-state index contributed by atoms with van der Waals surface area (Å²) in [4.78, 5) is 1.90. The molecule has 28 N–H and O–H groups in total.